The lowest BCUT2D eigenvalue weighted by molar-refractivity contribution is -0.121. The molecule has 0 aliphatic carbocycles. The molecule has 0 radical (unpaired) electrons. The van der Waals surface area contributed by atoms with Crippen LogP contribution in [0.3, 0.4) is 0 Å². The number of nitrogens with two attached hydrogens (primary N) is 1. The first kappa shape index (κ1) is 21.9. The average molecular weight is 365 g/mol. The summed E-state index contributed by atoms with van der Waals surface area (Å²) in [4.78, 5) is 18.4. The summed E-state index contributed by atoms with van der Waals surface area (Å²) >= 11 is 0. The molecule has 0 aromatic carbocycles. The Morgan fingerprint density at radius 3 is 2.78 bits per heavy atom. The lowest BCUT2D eigenvalue weighted by Crippen LogP contribution is -2.37. The summed E-state index contributed by atoms with van der Waals surface area (Å²) in [6, 6.07) is 3.95. The molecule has 8 heteroatoms. The van der Waals surface area contributed by atoms with Crippen LogP contribution in [-0.4, -0.2) is 43.2 Å². The lowest BCUT2D eigenvalue weighted by Gasteiger charge is -2.29. The fourth-order valence-electron chi connectivity index (χ4n) is 2.27. The molecule has 3 N–H and O–H groups in total. The Hall–Kier alpha value is -1.08. The summed E-state index contributed by atoms with van der Waals surface area (Å²) < 4.78 is 5.36. The van der Waals surface area contributed by atoms with Gasteiger partial charge in [0.05, 0.1) is 13.2 Å². The monoisotopic (exact) mass is 364 g/mol. The number of nitrogens with one attached hydrogen (secondary N) is 1. The van der Waals surface area contributed by atoms with Gasteiger partial charge in [-0.2, -0.15) is 0 Å². The molecule has 2 heterocycles. The molecule has 0 spiro atoms. The van der Waals surface area contributed by atoms with Crippen LogP contribution in [0.5, 0.6) is 0 Å². The van der Waals surface area contributed by atoms with Gasteiger partial charge in [-0.3, -0.25) is 4.79 Å². The number of pyridine rings is 1. The second kappa shape index (κ2) is 11.5. The summed E-state index contributed by atoms with van der Waals surface area (Å²) in [6.45, 7) is 5.52. The maximum absolute atomic E-state index is 11.8. The molecule has 1 atom stereocenters. The lowest BCUT2D eigenvalue weighted by atomic mass is 10.2. The maximum atomic E-state index is 11.8. The average Bonchev–Trinajstić information content (AvgIpc) is 2.52. The van der Waals surface area contributed by atoms with Gasteiger partial charge in [0.15, 0.2) is 0 Å². The van der Waals surface area contributed by atoms with Gasteiger partial charge in [0.25, 0.3) is 0 Å². The van der Waals surface area contributed by atoms with Crippen LogP contribution in [0.1, 0.15) is 25.3 Å². The third-order valence-corrected chi connectivity index (χ3v) is 3.48. The summed E-state index contributed by atoms with van der Waals surface area (Å²) in [5.74, 6) is 0.970. The van der Waals surface area contributed by atoms with E-state index in [0.717, 1.165) is 37.7 Å². The van der Waals surface area contributed by atoms with Crippen molar-refractivity contribution in [3.05, 3.63) is 23.9 Å². The third-order valence-electron chi connectivity index (χ3n) is 3.48. The number of amides is 1. The first-order chi connectivity index (χ1) is 10.2. The second-order valence-electron chi connectivity index (χ2n) is 5.38. The Bertz CT molecular complexity index is 469. The zero-order chi connectivity index (χ0) is 15.1. The number of nitrogens with zero attached hydrogens (tertiary/aromatic N) is 2. The van der Waals surface area contributed by atoms with Crippen molar-refractivity contribution < 1.29 is 9.53 Å². The van der Waals surface area contributed by atoms with E-state index in [4.69, 9.17) is 10.5 Å². The summed E-state index contributed by atoms with van der Waals surface area (Å²) in [5, 5.41) is 2.94. The van der Waals surface area contributed by atoms with Crippen LogP contribution >= 0.6 is 24.8 Å². The number of carbonyl (C=O) groups excluding carboxylic acids is 1. The first-order valence-electron chi connectivity index (χ1n) is 7.45. The highest BCUT2D eigenvalue weighted by molar-refractivity contribution is 5.85. The Kier molecular flexibility index (Phi) is 10.9. The van der Waals surface area contributed by atoms with Crippen molar-refractivity contribution in [3.63, 3.8) is 0 Å². The van der Waals surface area contributed by atoms with Crippen LogP contribution in [0.4, 0.5) is 5.82 Å². The van der Waals surface area contributed by atoms with E-state index < -0.39 is 0 Å². The van der Waals surface area contributed by atoms with Crippen LogP contribution in [0.25, 0.3) is 0 Å². The first-order valence-corrected chi connectivity index (χ1v) is 7.45. The molecule has 6 nitrogen and oxygen atoms in total. The predicted molar refractivity (Wildman–Crippen MR) is 96.5 cm³/mol. The smallest absolute Gasteiger partial charge is 0.220 e. The molecule has 1 aromatic heterocycles. The highest BCUT2D eigenvalue weighted by Crippen LogP contribution is 2.18. The van der Waals surface area contributed by atoms with Gasteiger partial charge in [0.2, 0.25) is 5.91 Å². The minimum Gasteiger partial charge on any atom is -0.378 e. The van der Waals surface area contributed by atoms with Crippen molar-refractivity contribution >= 4 is 36.5 Å². The van der Waals surface area contributed by atoms with E-state index in [1.807, 2.05) is 19.1 Å². The van der Waals surface area contributed by atoms with Gasteiger partial charge in [0, 0.05) is 43.9 Å². The highest BCUT2D eigenvalue weighted by Gasteiger charge is 2.16. The number of rotatable bonds is 6. The molecule has 1 saturated heterocycles. The zero-order valence-corrected chi connectivity index (χ0v) is 15.0. The van der Waals surface area contributed by atoms with Crippen molar-refractivity contribution in [2.24, 2.45) is 5.73 Å². The SMILES string of the molecule is CC(N)CCC(=O)NCc1cccnc1N1CCOCC1.Cl.Cl. The number of ether oxygens (including phenoxy) is 1. The van der Waals surface area contributed by atoms with E-state index in [1.54, 1.807) is 6.20 Å². The molecule has 1 fully saturated rings. The second-order valence-corrected chi connectivity index (χ2v) is 5.38. The van der Waals surface area contributed by atoms with Crippen molar-refractivity contribution in [1.29, 1.82) is 0 Å². The molecule has 0 bridgehead atoms. The fourth-order valence-corrected chi connectivity index (χ4v) is 2.27. The summed E-state index contributed by atoms with van der Waals surface area (Å²) in [6.07, 6.45) is 2.95. The van der Waals surface area contributed by atoms with E-state index in [1.165, 1.54) is 0 Å². The predicted octanol–water partition coefficient (Wildman–Crippen LogP) is 1.51. The van der Waals surface area contributed by atoms with Gasteiger partial charge in [0.1, 0.15) is 5.82 Å². The van der Waals surface area contributed by atoms with E-state index in [-0.39, 0.29) is 36.8 Å². The standard InChI is InChI=1S/C15H24N4O2.2ClH/c1-12(16)4-5-14(20)18-11-13-3-2-6-17-15(13)19-7-9-21-10-8-19;;/h2-3,6,12H,4-5,7-11,16H2,1H3,(H,18,20);2*1H. The minimum atomic E-state index is 0. The number of hydrogen-bond donors (Lipinski definition) is 2. The Balaban J connectivity index is 0.00000242. The number of hydrogen-bond acceptors (Lipinski definition) is 5. The van der Waals surface area contributed by atoms with E-state index in [0.29, 0.717) is 19.4 Å². The molecule has 132 valence electrons. The molecule has 0 saturated carbocycles. The van der Waals surface area contributed by atoms with Crippen molar-refractivity contribution in [1.82, 2.24) is 10.3 Å². The molecule has 1 aromatic rings. The van der Waals surface area contributed by atoms with Crippen LogP contribution in [0.15, 0.2) is 18.3 Å². The molecule has 1 unspecified atom stereocenters. The molecule has 23 heavy (non-hydrogen) atoms. The third kappa shape index (κ3) is 7.35. The molecule has 2 rings (SSSR count). The quantitative estimate of drug-likeness (QED) is 0.799. The summed E-state index contributed by atoms with van der Waals surface area (Å²) in [7, 11) is 0. The number of carbonyl (C=O) groups is 1. The normalized spacial score (nSPS) is 15.1. The Morgan fingerprint density at radius 1 is 1.43 bits per heavy atom. The largest absolute Gasteiger partial charge is 0.378 e. The number of morpholine rings is 1. The van der Waals surface area contributed by atoms with Gasteiger partial charge >= 0.3 is 0 Å². The van der Waals surface area contributed by atoms with Crippen LogP contribution in [0.2, 0.25) is 0 Å². The van der Waals surface area contributed by atoms with E-state index in [2.05, 4.69) is 15.2 Å². The van der Waals surface area contributed by atoms with E-state index >= 15 is 0 Å². The fraction of sp³-hybridized carbons (Fsp3) is 0.600. The Morgan fingerprint density at radius 2 is 2.13 bits per heavy atom. The molecule has 1 aliphatic rings. The van der Waals surface area contributed by atoms with Crippen molar-refractivity contribution in [2.45, 2.75) is 32.4 Å². The van der Waals surface area contributed by atoms with Crippen LogP contribution < -0.4 is 16.0 Å². The van der Waals surface area contributed by atoms with Gasteiger partial charge in [-0.15, -0.1) is 24.8 Å². The van der Waals surface area contributed by atoms with Crippen molar-refractivity contribution in [2.75, 3.05) is 31.2 Å². The molecular formula is C15H26Cl2N4O2. The molecular weight excluding hydrogens is 339 g/mol. The van der Waals surface area contributed by atoms with Crippen molar-refractivity contribution in [3.8, 4) is 0 Å². The van der Waals surface area contributed by atoms with E-state index in [9.17, 15) is 4.79 Å². The van der Waals surface area contributed by atoms with Gasteiger partial charge < -0.3 is 20.7 Å². The minimum absolute atomic E-state index is 0. The highest BCUT2D eigenvalue weighted by atomic mass is 35.5. The molecule has 1 amide bonds. The maximum Gasteiger partial charge on any atom is 0.220 e. The van der Waals surface area contributed by atoms with Crippen LogP contribution in [0, 0.1) is 0 Å². The number of anilines is 1. The van der Waals surface area contributed by atoms with Gasteiger partial charge in [-0.25, -0.2) is 4.98 Å². The number of aromatic nitrogens is 1. The van der Waals surface area contributed by atoms with Gasteiger partial charge in [-0.05, 0) is 19.4 Å². The zero-order valence-electron chi connectivity index (χ0n) is 13.4. The van der Waals surface area contributed by atoms with Crippen LogP contribution in [-0.2, 0) is 16.1 Å². The molecule has 1 aliphatic heterocycles. The Labute approximate surface area is 150 Å². The number of halogens is 2. The summed E-state index contributed by atoms with van der Waals surface area (Å²) in [5.41, 5.74) is 6.70. The topological polar surface area (TPSA) is 80.5 Å². The van der Waals surface area contributed by atoms with Gasteiger partial charge in [-0.1, -0.05) is 6.07 Å².